The minimum atomic E-state index is 0.00111. The Kier molecular flexibility index (Phi) is 5.62. The summed E-state index contributed by atoms with van der Waals surface area (Å²) in [6, 6.07) is 5.38. The van der Waals surface area contributed by atoms with Gasteiger partial charge in [0.2, 0.25) is 0 Å². The van der Waals surface area contributed by atoms with Gasteiger partial charge in [0.05, 0.1) is 14.2 Å². The summed E-state index contributed by atoms with van der Waals surface area (Å²) in [5.41, 5.74) is 0.692. The number of benzene rings is 1. The maximum Gasteiger partial charge on any atom is 0.167 e. The molecule has 116 valence electrons. The number of carbonyl (C=O) groups excluding carboxylic acids is 1. The van der Waals surface area contributed by atoms with Gasteiger partial charge in [-0.2, -0.15) is 0 Å². The third kappa shape index (κ3) is 3.97. The number of carbonyl (C=O) groups is 1. The Morgan fingerprint density at radius 1 is 1.14 bits per heavy atom. The highest BCUT2D eigenvalue weighted by molar-refractivity contribution is 5.98. The van der Waals surface area contributed by atoms with E-state index in [-0.39, 0.29) is 11.7 Å². The average molecular weight is 291 g/mol. The van der Waals surface area contributed by atoms with E-state index >= 15 is 0 Å². The molecule has 0 N–H and O–H groups in total. The van der Waals surface area contributed by atoms with Crippen LogP contribution in [0.15, 0.2) is 18.2 Å². The molecule has 0 saturated carbocycles. The largest absolute Gasteiger partial charge is 0.493 e. The van der Waals surface area contributed by atoms with E-state index in [0.29, 0.717) is 17.1 Å². The molecule has 0 aromatic heterocycles. The molecule has 4 heteroatoms. The van der Waals surface area contributed by atoms with Crippen LogP contribution in [0.25, 0.3) is 0 Å². The van der Waals surface area contributed by atoms with Crippen molar-refractivity contribution < 1.29 is 14.3 Å². The lowest BCUT2D eigenvalue weighted by Gasteiger charge is -2.28. The summed E-state index contributed by atoms with van der Waals surface area (Å²) >= 11 is 0. The molecule has 0 bridgehead atoms. The number of likely N-dealkylation sites (tertiary alicyclic amines) is 1. The summed E-state index contributed by atoms with van der Waals surface area (Å²) in [5, 5.41) is 0. The van der Waals surface area contributed by atoms with Crippen LogP contribution in [0.5, 0.6) is 11.5 Å². The molecule has 1 unspecified atom stereocenters. The standard InChI is InChI=1S/C17H25NO3/c1-13(12-18-9-5-4-6-10-18)17(19)14-7-8-15(20-2)16(11-14)21-3/h7-8,11,13H,4-6,9-10,12H2,1-3H3. The number of nitrogens with zero attached hydrogens (tertiary/aromatic N) is 1. The van der Waals surface area contributed by atoms with Crippen LogP contribution in [0, 0.1) is 5.92 Å². The van der Waals surface area contributed by atoms with Crippen LogP contribution in [0.2, 0.25) is 0 Å². The SMILES string of the molecule is COc1ccc(C(=O)C(C)CN2CCCCC2)cc1OC. The van der Waals surface area contributed by atoms with Crippen LogP contribution in [-0.2, 0) is 0 Å². The Bertz CT molecular complexity index is 481. The molecule has 1 aliphatic heterocycles. The number of methoxy groups -OCH3 is 2. The van der Waals surface area contributed by atoms with Crippen LogP contribution in [0.1, 0.15) is 36.5 Å². The van der Waals surface area contributed by atoms with Gasteiger partial charge in [-0.25, -0.2) is 0 Å². The second kappa shape index (κ2) is 7.46. The van der Waals surface area contributed by atoms with Gasteiger partial charge >= 0.3 is 0 Å². The number of ether oxygens (including phenoxy) is 2. The van der Waals surface area contributed by atoms with Crippen molar-refractivity contribution in [2.45, 2.75) is 26.2 Å². The molecule has 1 fully saturated rings. The van der Waals surface area contributed by atoms with Crippen molar-refractivity contribution >= 4 is 5.78 Å². The van der Waals surface area contributed by atoms with Crippen LogP contribution < -0.4 is 9.47 Å². The minimum Gasteiger partial charge on any atom is -0.493 e. The van der Waals surface area contributed by atoms with E-state index in [9.17, 15) is 4.79 Å². The fourth-order valence-electron chi connectivity index (χ4n) is 2.89. The molecule has 0 aliphatic carbocycles. The fourth-order valence-corrected chi connectivity index (χ4v) is 2.89. The lowest BCUT2D eigenvalue weighted by Crippen LogP contribution is -2.35. The zero-order valence-corrected chi connectivity index (χ0v) is 13.2. The topological polar surface area (TPSA) is 38.8 Å². The number of ketones is 1. The van der Waals surface area contributed by atoms with E-state index in [2.05, 4.69) is 4.90 Å². The van der Waals surface area contributed by atoms with E-state index in [1.165, 1.54) is 19.3 Å². The summed E-state index contributed by atoms with van der Waals surface area (Å²) in [6.07, 6.45) is 3.81. The van der Waals surface area contributed by atoms with Gasteiger partial charge in [-0.15, -0.1) is 0 Å². The van der Waals surface area contributed by atoms with E-state index in [4.69, 9.17) is 9.47 Å². The van der Waals surface area contributed by atoms with Gasteiger partial charge in [0, 0.05) is 18.0 Å². The number of piperidine rings is 1. The molecular formula is C17H25NO3. The molecule has 2 rings (SSSR count). The van der Waals surface area contributed by atoms with Crippen LogP contribution >= 0.6 is 0 Å². The van der Waals surface area contributed by atoms with Gasteiger partial charge in [0.15, 0.2) is 17.3 Å². The summed E-state index contributed by atoms with van der Waals surface area (Å²) in [4.78, 5) is 15.0. The molecule has 0 amide bonds. The van der Waals surface area contributed by atoms with Gasteiger partial charge in [0.1, 0.15) is 0 Å². The second-order valence-electron chi connectivity index (χ2n) is 5.70. The molecule has 1 heterocycles. The third-order valence-corrected chi connectivity index (χ3v) is 4.10. The summed E-state index contributed by atoms with van der Waals surface area (Å²) in [6.45, 7) is 5.08. The first kappa shape index (κ1) is 15.8. The average Bonchev–Trinajstić information content (AvgIpc) is 2.54. The molecule has 1 aromatic rings. The van der Waals surface area contributed by atoms with Gasteiger partial charge in [-0.3, -0.25) is 4.79 Å². The lowest BCUT2D eigenvalue weighted by molar-refractivity contribution is 0.0883. The smallest absolute Gasteiger partial charge is 0.167 e. The van der Waals surface area contributed by atoms with E-state index < -0.39 is 0 Å². The van der Waals surface area contributed by atoms with Crippen LogP contribution in [0.3, 0.4) is 0 Å². The van der Waals surface area contributed by atoms with Gasteiger partial charge in [-0.05, 0) is 44.1 Å². The summed E-state index contributed by atoms with van der Waals surface area (Å²) in [5.74, 6) is 1.42. The molecule has 4 nitrogen and oxygen atoms in total. The van der Waals surface area contributed by atoms with Crippen molar-refractivity contribution in [3.63, 3.8) is 0 Å². The molecule has 0 radical (unpaired) electrons. The fraction of sp³-hybridized carbons (Fsp3) is 0.588. The van der Waals surface area contributed by atoms with Crippen LogP contribution in [-0.4, -0.2) is 44.5 Å². The first-order chi connectivity index (χ1) is 10.2. The monoisotopic (exact) mass is 291 g/mol. The van der Waals surface area contributed by atoms with Crippen molar-refractivity contribution in [3.8, 4) is 11.5 Å². The first-order valence-corrected chi connectivity index (χ1v) is 7.64. The van der Waals surface area contributed by atoms with E-state index in [1.807, 2.05) is 13.0 Å². The normalized spacial score (nSPS) is 17.3. The Morgan fingerprint density at radius 2 is 1.81 bits per heavy atom. The molecule has 21 heavy (non-hydrogen) atoms. The zero-order chi connectivity index (χ0) is 15.2. The van der Waals surface area contributed by atoms with Crippen molar-refractivity contribution in [1.29, 1.82) is 0 Å². The zero-order valence-electron chi connectivity index (χ0n) is 13.2. The van der Waals surface area contributed by atoms with Gasteiger partial charge in [0.25, 0.3) is 0 Å². The lowest BCUT2D eigenvalue weighted by atomic mass is 9.97. The predicted octanol–water partition coefficient (Wildman–Crippen LogP) is 3.01. The number of rotatable bonds is 6. The highest BCUT2D eigenvalue weighted by atomic mass is 16.5. The Labute approximate surface area is 127 Å². The van der Waals surface area contributed by atoms with E-state index in [0.717, 1.165) is 19.6 Å². The second-order valence-corrected chi connectivity index (χ2v) is 5.70. The summed E-state index contributed by atoms with van der Waals surface area (Å²) in [7, 11) is 3.18. The maximum atomic E-state index is 12.6. The van der Waals surface area contributed by atoms with Gasteiger partial charge in [-0.1, -0.05) is 13.3 Å². The molecular weight excluding hydrogens is 266 g/mol. The molecule has 1 aliphatic rings. The number of hydrogen-bond acceptors (Lipinski definition) is 4. The van der Waals surface area contributed by atoms with Crippen molar-refractivity contribution in [3.05, 3.63) is 23.8 Å². The Hall–Kier alpha value is -1.55. The highest BCUT2D eigenvalue weighted by Crippen LogP contribution is 2.28. The van der Waals surface area contributed by atoms with E-state index in [1.54, 1.807) is 26.4 Å². The number of hydrogen-bond donors (Lipinski definition) is 0. The van der Waals surface area contributed by atoms with Crippen molar-refractivity contribution in [1.82, 2.24) is 4.90 Å². The maximum absolute atomic E-state index is 12.6. The van der Waals surface area contributed by atoms with Gasteiger partial charge < -0.3 is 14.4 Å². The van der Waals surface area contributed by atoms with Crippen LogP contribution in [0.4, 0.5) is 0 Å². The number of Topliss-reactive ketones (excluding diaryl/α,β-unsaturated/α-hetero) is 1. The third-order valence-electron chi connectivity index (χ3n) is 4.10. The summed E-state index contributed by atoms with van der Waals surface area (Å²) < 4.78 is 10.5. The van der Waals surface area contributed by atoms with Crippen molar-refractivity contribution in [2.75, 3.05) is 33.9 Å². The Morgan fingerprint density at radius 3 is 2.43 bits per heavy atom. The van der Waals surface area contributed by atoms with Crippen molar-refractivity contribution in [2.24, 2.45) is 5.92 Å². The Balaban J connectivity index is 2.04. The minimum absolute atomic E-state index is 0.00111. The molecule has 1 saturated heterocycles. The molecule has 1 atom stereocenters. The first-order valence-electron chi connectivity index (χ1n) is 7.64. The highest BCUT2D eigenvalue weighted by Gasteiger charge is 2.21. The molecule has 1 aromatic carbocycles. The quantitative estimate of drug-likeness (QED) is 0.755. The predicted molar refractivity (Wildman–Crippen MR) is 83.3 cm³/mol. The molecule has 0 spiro atoms.